The second-order valence-electron chi connectivity index (χ2n) is 5.48. The molecule has 7 heteroatoms. The number of rotatable bonds is 7. The van der Waals surface area contributed by atoms with Crippen LogP contribution in [0.3, 0.4) is 0 Å². The molecule has 0 spiro atoms. The number of benzene rings is 2. The van der Waals surface area contributed by atoms with E-state index >= 15 is 0 Å². The number of nitrogens with one attached hydrogen (secondary N) is 2. The molecule has 0 aliphatic rings. The lowest BCUT2D eigenvalue weighted by atomic mass is 10.2. The minimum Gasteiger partial charge on any atom is -0.482 e. The van der Waals surface area contributed by atoms with Gasteiger partial charge in [-0.15, -0.1) is 0 Å². The normalized spacial score (nSPS) is 11.2. The standard InChI is InChI=1S/C19H20N2O5/c1-13(26-18(23)12-25-17-6-4-3-5-7-17)19(24)21-16-10-8-15(9-11-16)20-14(2)22/h3-11,13H,12H2,1-2H3,(H,20,22)(H,21,24)/t13-/m1/s1. The lowest BCUT2D eigenvalue weighted by Gasteiger charge is -2.14. The minimum atomic E-state index is -0.975. The topological polar surface area (TPSA) is 93.7 Å². The smallest absolute Gasteiger partial charge is 0.344 e. The number of hydrogen-bond donors (Lipinski definition) is 2. The van der Waals surface area contributed by atoms with Gasteiger partial charge < -0.3 is 20.1 Å². The third kappa shape index (κ3) is 6.27. The van der Waals surface area contributed by atoms with Crippen LogP contribution in [0.15, 0.2) is 54.6 Å². The van der Waals surface area contributed by atoms with E-state index in [-0.39, 0.29) is 12.5 Å². The van der Waals surface area contributed by atoms with Crippen molar-refractivity contribution in [2.24, 2.45) is 0 Å². The average Bonchev–Trinajstić information content (AvgIpc) is 2.62. The largest absolute Gasteiger partial charge is 0.482 e. The number of para-hydroxylation sites is 1. The van der Waals surface area contributed by atoms with Crippen LogP contribution in [0.5, 0.6) is 5.75 Å². The first-order valence-corrected chi connectivity index (χ1v) is 8.00. The maximum absolute atomic E-state index is 12.1. The Bertz CT molecular complexity index is 759. The fraction of sp³-hybridized carbons (Fsp3) is 0.211. The molecule has 136 valence electrons. The minimum absolute atomic E-state index is 0.181. The molecule has 7 nitrogen and oxygen atoms in total. The zero-order chi connectivity index (χ0) is 18.9. The second kappa shape index (κ2) is 9.22. The van der Waals surface area contributed by atoms with Gasteiger partial charge in [-0.3, -0.25) is 9.59 Å². The summed E-state index contributed by atoms with van der Waals surface area (Å²) in [7, 11) is 0. The molecule has 0 fully saturated rings. The van der Waals surface area contributed by atoms with Crippen molar-refractivity contribution in [2.45, 2.75) is 20.0 Å². The highest BCUT2D eigenvalue weighted by molar-refractivity contribution is 5.95. The molecule has 1 atom stereocenters. The van der Waals surface area contributed by atoms with E-state index in [2.05, 4.69) is 10.6 Å². The molecule has 0 saturated heterocycles. The van der Waals surface area contributed by atoms with Gasteiger partial charge in [-0.05, 0) is 43.3 Å². The Hall–Kier alpha value is -3.35. The maximum atomic E-state index is 12.1. The molecule has 0 aliphatic heterocycles. The average molecular weight is 356 g/mol. The van der Waals surface area contributed by atoms with Gasteiger partial charge in [0, 0.05) is 18.3 Å². The van der Waals surface area contributed by atoms with Crippen LogP contribution in [0.1, 0.15) is 13.8 Å². The zero-order valence-corrected chi connectivity index (χ0v) is 14.5. The molecular formula is C19H20N2O5. The van der Waals surface area contributed by atoms with Gasteiger partial charge in [0.25, 0.3) is 5.91 Å². The van der Waals surface area contributed by atoms with E-state index in [1.807, 2.05) is 6.07 Å². The van der Waals surface area contributed by atoms with Gasteiger partial charge in [0.05, 0.1) is 0 Å². The summed E-state index contributed by atoms with van der Waals surface area (Å²) in [5.41, 5.74) is 1.14. The molecule has 0 radical (unpaired) electrons. The van der Waals surface area contributed by atoms with Crippen LogP contribution in [0.25, 0.3) is 0 Å². The number of esters is 1. The van der Waals surface area contributed by atoms with E-state index in [1.165, 1.54) is 13.8 Å². The first-order chi connectivity index (χ1) is 12.4. The van der Waals surface area contributed by atoms with Gasteiger partial charge in [0.1, 0.15) is 5.75 Å². The van der Waals surface area contributed by atoms with E-state index in [0.717, 1.165) is 0 Å². The molecule has 2 aromatic carbocycles. The number of amides is 2. The van der Waals surface area contributed by atoms with Crippen molar-refractivity contribution in [3.63, 3.8) is 0 Å². The summed E-state index contributed by atoms with van der Waals surface area (Å²) >= 11 is 0. The van der Waals surface area contributed by atoms with E-state index < -0.39 is 18.0 Å². The second-order valence-corrected chi connectivity index (χ2v) is 5.48. The van der Waals surface area contributed by atoms with E-state index in [4.69, 9.17) is 9.47 Å². The van der Waals surface area contributed by atoms with Gasteiger partial charge in [0.2, 0.25) is 5.91 Å². The Labute approximate surface area is 151 Å². The molecule has 2 N–H and O–H groups in total. The Morgan fingerprint density at radius 3 is 2.08 bits per heavy atom. The first-order valence-electron chi connectivity index (χ1n) is 8.00. The Kier molecular flexibility index (Phi) is 6.73. The van der Waals surface area contributed by atoms with Crippen molar-refractivity contribution < 1.29 is 23.9 Å². The SMILES string of the molecule is CC(=O)Nc1ccc(NC(=O)[C@@H](C)OC(=O)COc2ccccc2)cc1. The summed E-state index contributed by atoms with van der Waals surface area (Å²) in [6.45, 7) is 2.60. The van der Waals surface area contributed by atoms with Gasteiger partial charge in [0.15, 0.2) is 12.7 Å². The number of anilines is 2. The first kappa shape index (κ1) is 19.0. The number of ether oxygens (including phenoxy) is 2. The van der Waals surface area contributed by atoms with E-state index in [1.54, 1.807) is 48.5 Å². The van der Waals surface area contributed by atoms with Crippen molar-refractivity contribution in [3.8, 4) is 5.75 Å². The monoisotopic (exact) mass is 356 g/mol. The van der Waals surface area contributed by atoms with Crippen LogP contribution in [-0.2, 0) is 19.1 Å². The summed E-state index contributed by atoms with van der Waals surface area (Å²) in [6, 6.07) is 15.4. The fourth-order valence-electron chi connectivity index (χ4n) is 2.03. The third-order valence-corrected chi connectivity index (χ3v) is 3.25. The summed E-state index contributed by atoms with van der Waals surface area (Å²) < 4.78 is 10.3. The molecule has 0 aliphatic carbocycles. The highest BCUT2D eigenvalue weighted by Crippen LogP contribution is 2.14. The lowest BCUT2D eigenvalue weighted by molar-refractivity contribution is -0.155. The molecule has 0 saturated carbocycles. The summed E-state index contributed by atoms with van der Waals surface area (Å²) in [4.78, 5) is 34.8. The summed E-state index contributed by atoms with van der Waals surface area (Å²) in [6.07, 6.45) is -0.975. The zero-order valence-electron chi connectivity index (χ0n) is 14.5. The van der Waals surface area contributed by atoms with E-state index in [0.29, 0.717) is 17.1 Å². The Morgan fingerprint density at radius 1 is 0.923 bits per heavy atom. The van der Waals surface area contributed by atoms with Crippen molar-refractivity contribution in [3.05, 3.63) is 54.6 Å². The molecule has 2 aromatic rings. The molecule has 0 aromatic heterocycles. The van der Waals surface area contributed by atoms with Crippen molar-refractivity contribution in [1.29, 1.82) is 0 Å². The lowest BCUT2D eigenvalue weighted by Crippen LogP contribution is -2.31. The van der Waals surface area contributed by atoms with E-state index in [9.17, 15) is 14.4 Å². The summed E-state index contributed by atoms with van der Waals surface area (Å²) in [5.74, 6) is -0.747. The van der Waals surface area contributed by atoms with Gasteiger partial charge >= 0.3 is 5.97 Å². The van der Waals surface area contributed by atoms with Crippen molar-refractivity contribution in [2.75, 3.05) is 17.2 Å². The molecule has 2 rings (SSSR count). The quantitative estimate of drug-likeness (QED) is 0.744. The van der Waals surface area contributed by atoms with Crippen LogP contribution in [-0.4, -0.2) is 30.5 Å². The van der Waals surface area contributed by atoms with Crippen LogP contribution in [0.4, 0.5) is 11.4 Å². The predicted molar refractivity (Wildman–Crippen MR) is 96.9 cm³/mol. The molecule has 0 unspecified atom stereocenters. The van der Waals surface area contributed by atoms with Crippen LogP contribution in [0.2, 0.25) is 0 Å². The van der Waals surface area contributed by atoms with Crippen LogP contribution >= 0.6 is 0 Å². The van der Waals surface area contributed by atoms with Crippen molar-refractivity contribution in [1.82, 2.24) is 0 Å². The molecular weight excluding hydrogens is 336 g/mol. The van der Waals surface area contributed by atoms with Crippen LogP contribution in [0, 0.1) is 0 Å². The van der Waals surface area contributed by atoms with Gasteiger partial charge in [-0.2, -0.15) is 0 Å². The maximum Gasteiger partial charge on any atom is 0.344 e. The van der Waals surface area contributed by atoms with Gasteiger partial charge in [-0.25, -0.2) is 4.79 Å². The highest BCUT2D eigenvalue weighted by atomic mass is 16.6. The summed E-state index contributed by atoms with van der Waals surface area (Å²) in [5, 5.41) is 5.26. The Morgan fingerprint density at radius 2 is 1.50 bits per heavy atom. The number of carbonyl (C=O) groups excluding carboxylic acids is 3. The predicted octanol–water partition coefficient (Wildman–Crippen LogP) is 2.59. The van der Waals surface area contributed by atoms with Gasteiger partial charge in [-0.1, -0.05) is 18.2 Å². The molecule has 2 amide bonds. The fourth-order valence-corrected chi connectivity index (χ4v) is 2.03. The molecule has 0 bridgehead atoms. The van der Waals surface area contributed by atoms with Crippen LogP contribution < -0.4 is 15.4 Å². The molecule has 0 heterocycles. The number of carbonyl (C=O) groups is 3. The Balaban J connectivity index is 1.79. The highest BCUT2D eigenvalue weighted by Gasteiger charge is 2.18. The van der Waals surface area contributed by atoms with Crippen molar-refractivity contribution >= 4 is 29.2 Å². The third-order valence-electron chi connectivity index (χ3n) is 3.25. The number of hydrogen-bond acceptors (Lipinski definition) is 5. The molecule has 26 heavy (non-hydrogen) atoms.